The number of hydrogen-bond acceptors (Lipinski definition) is 5. The highest BCUT2D eigenvalue weighted by atomic mass is 127. The number of carbonyl (C=O) groups is 1. The number of rotatable bonds is 6. The zero-order valence-corrected chi connectivity index (χ0v) is 20.0. The zero-order chi connectivity index (χ0) is 21.3. The third-order valence-corrected chi connectivity index (χ3v) is 7.05. The summed E-state index contributed by atoms with van der Waals surface area (Å²) in [6.07, 6.45) is 0. The van der Waals surface area contributed by atoms with Crippen LogP contribution in [0.1, 0.15) is 35.7 Å². The van der Waals surface area contributed by atoms with E-state index in [0.29, 0.717) is 0 Å². The maximum atomic E-state index is 13.7. The van der Waals surface area contributed by atoms with Crippen LogP contribution in [0.4, 0.5) is 5.69 Å². The van der Waals surface area contributed by atoms with Crippen LogP contribution in [0, 0.1) is 3.57 Å². The highest BCUT2D eigenvalue weighted by molar-refractivity contribution is 14.1. The van der Waals surface area contributed by atoms with Gasteiger partial charge in [-0.1, -0.05) is 6.07 Å². The molecular formula is C24H29IN2O3. The highest BCUT2D eigenvalue weighted by Crippen LogP contribution is 2.49. The second-order valence-electron chi connectivity index (χ2n) is 8.49. The number of morpholine rings is 1. The molecule has 0 saturated carbocycles. The van der Waals surface area contributed by atoms with Gasteiger partial charge in [-0.2, -0.15) is 0 Å². The number of Topliss-reactive ketones (excluding diaryl/α,β-unsaturated/α-hetero) is 1. The van der Waals surface area contributed by atoms with Crippen LogP contribution in [0.5, 0.6) is 5.75 Å². The molecule has 6 heteroatoms. The second kappa shape index (κ2) is 8.85. The van der Waals surface area contributed by atoms with Crippen LogP contribution in [0.2, 0.25) is 0 Å². The minimum atomic E-state index is -0.309. The van der Waals surface area contributed by atoms with Crippen molar-refractivity contribution in [2.45, 2.75) is 25.3 Å². The Bertz CT molecular complexity index is 907. The van der Waals surface area contributed by atoms with Crippen LogP contribution in [0.25, 0.3) is 0 Å². The quantitative estimate of drug-likeness (QED) is 0.422. The molecule has 2 aliphatic heterocycles. The minimum absolute atomic E-state index is 0.166. The molecule has 0 aliphatic carbocycles. The molecule has 2 heterocycles. The number of ketones is 1. The molecule has 1 saturated heterocycles. The summed E-state index contributed by atoms with van der Waals surface area (Å²) in [6.45, 7) is 9.82. The van der Waals surface area contributed by atoms with E-state index in [9.17, 15) is 4.79 Å². The standard InChI is InChI=1S/C24H29IN2O3/c1-24(2)22(23(28)17-4-7-19(29-3)8-5-17)20-9-6-18(25)16-21(20)27(24)11-10-26-12-14-30-15-13-26/h4-9,16,22H,10-15H2,1-3H3. The van der Waals surface area contributed by atoms with Crippen LogP contribution in [0.3, 0.4) is 0 Å². The first-order valence-electron chi connectivity index (χ1n) is 10.5. The fraction of sp³-hybridized carbons (Fsp3) is 0.458. The Morgan fingerprint density at radius 1 is 1.13 bits per heavy atom. The van der Waals surface area contributed by atoms with Gasteiger partial charge in [-0.15, -0.1) is 0 Å². The van der Waals surface area contributed by atoms with E-state index < -0.39 is 0 Å². The average Bonchev–Trinajstić information content (AvgIpc) is 2.97. The van der Waals surface area contributed by atoms with E-state index in [1.54, 1.807) is 7.11 Å². The molecule has 1 fully saturated rings. The van der Waals surface area contributed by atoms with Gasteiger partial charge in [-0.3, -0.25) is 9.69 Å². The lowest BCUT2D eigenvalue weighted by Gasteiger charge is -2.39. The van der Waals surface area contributed by atoms with Crippen molar-refractivity contribution in [3.63, 3.8) is 0 Å². The summed E-state index contributed by atoms with van der Waals surface area (Å²) < 4.78 is 11.9. The number of carbonyl (C=O) groups excluding carboxylic acids is 1. The predicted octanol–water partition coefficient (Wildman–Crippen LogP) is 4.20. The Morgan fingerprint density at radius 2 is 1.83 bits per heavy atom. The van der Waals surface area contributed by atoms with Crippen molar-refractivity contribution in [3.8, 4) is 5.75 Å². The Labute approximate surface area is 192 Å². The van der Waals surface area contributed by atoms with Gasteiger partial charge in [0.1, 0.15) is 5.75 Å². The van der Waals surface area contributed by atoms with E-state index in [2.05, 4.69) is 64.4 Å². The monoisotopic (exact) mass is 520 g/mol. The van der Waals surface area contributed by atoms with Gasteiger partial charge in [0.15, 0.2) is 5.78 Å². The summed E-state index contributed by atoms with van der Waals surface area (Å²) in [7, 11) is 1.64. The lowest BCUT2D eigenvalue weighted by atomic mass is 9.80. The molecule has 0 amide bonds. The Hall–Kier alpha value is -1.64. The molecule has 1 atom stereocenters. The molecule has 30 heavy (non-hydrogen) atoms. The largest absolute Gasteiger partial charge is 0.497 e. The van der Waals surface area contributed by atoms with E-state index in [-0.39, 0.29) is 17.2 Å². The summed E-state index contributed by atoms with van der Waals surface area (Å²) in [5.41, 5.74) is 2.74. The number of benzene rings is 2. The normalized spacial score (nSPS) is 20.8. The summed E-state index contributed by atoms with van der Waals surface area (Å²) in [5.74, 6) is 0.723. The van der Waals surface area contributed by atoms with Crippen molar-refractivity contribution in [3.05, 3.63) is 57.2 Å². The SMILES string of the molecule is COc1ccc(C(=O)C2c3ccc(I)cc3N(CCN3CCOCC3)C2(C)C)cc1. The molecule has 4 rings (SSSR count). The molecule has 0 radical (unpaired) electrons. The lowest BCUT2D eigenvalue weighted by molar-refractivity contribution is 0.0387. The summed E-state index contributed by atoms with van der Waals surface area (Å²) in [4.78, 5) is 18.6. The fourth-order valence-corrected chi connectivity index (χ4v) is 5.18. The Balaban J connectivity index is 1.64. The average molecular weight is 520 g/mol. The van der Waals surface area contributed by atoms with E-state index in [4.69, 9.17) is 9.47 Å². The van der Waals surface area contributed by atoms with E-state index >= 15 is 0 Å². The molecule has 0 N–H and O–H groups in total. The van der Waals surface area contributed by atoms with Crippen LogP contribution < -0.4 is 9.64 Å². The van der Waals surface area contributed by atoms with Gasteiger partial charge in [0.05, 0.1) is 26.2 Å². The van der Waals surface area contributed by atoms with Gasteiger partial charge in [0, 0.05) is 46.5 Å². The molecule has 2 aromatic carbocycles. The molecule has 2 aliphatic rings. The molecule has 0 aromatic heterocycles. The Kier molecular flexibility index (Phi) is 6.36. The number of hydrogen-bond donors (Lipinski definition) is 0. The van der Waals surface area contributed by atoms with Gasteiger partial charge in [-0.25, -0.2) is 0 Å². The fourth-order valence-electron chi connectivity index (χ4n) is 4.70. The number of methoxy groups -OCH3 is 1. The molecular weight excluding hydrogens is 491 g/mol. The van der Waals surface area contributed by atoms with Crippen LogP contribution in [-0.2, 0) is 4.74 Å². The maximum Gasteiger partial charge on any atom is 0.172 e. The number of halogens is 1. The van der Waals surface area contributed by atoms with Crippen LogP contribution >= 0.6 is 22.6 Å². The van der Waals surface area contributed by atoms with Crippen molar-refractivity contribution in [2.24, 2.45) is 0 Å². The topological polar surface area (TPSA) is 42.0 Å². The third-order valence-electron chi connectivity index (χ3n) is 6.38. The molecule has 160 valence electrons. The van der Waals surface area contributed by atoms with E-state index in [0.717, 1.165) is 56.3 Å². The molecule has 5 nitrogen and oxygen atoms in total. The second-order valence-corrected chi connectivity index (χ2v) is 9.73. The summed E-state index contributed by atoms with van der Waals surface area (Å²) in [6, 6.07) is 13.9. The lowest BCUT2D eigenvalue weighted by Crippen LogP contribution is -2.50. The first-order valence-corrected chi connectivity index (χ1v) is 11.5. The van der Waals surface area contributed by atoms with Crippen LogP contribution in [-0.4, -0.2) is 62.7 Å². The first-order chi connectivity index (χ1) is 14.4. The van der Waals surface area contributed by atoms with Crippen molar-refractivity contribution in [1.29, 1.82) is 0 Å². The van der Waals surface area contributed by atoms with E-state index in [1.807, 2.05) is 24.3 Å². The molecule has 2 aromatic rings. The van der Waals surface area contributed by atoms with Gasteiger partial charge in [-0.05, 0) is 78.4 Å². The van der Waals surface area contributed by atoms with E-state index in [1.165, 1.54) is 9.26 Å². The van der Waals surface area contributed by atoms with Crippen molar-refractivity contribution < 1.29 is 14.3 Å². The van der Waals surface area contributed by atoms with Gasteiger partial charge >= 0.3 is 0 Å². The third kappa shape index (κ3) is 4.09. The molecule has 0 bridgehead atoms. The van der Waals surface area contributed by atoms with Crippen LogP contribution in [0.15, 0.2) is 42.5 Å². The predicted molar refractivity (Wildman–Crippen MR) is 128 cm³/mol. The molecule has 0 spiro atoms. The van der Waals surface area contributed by atoms with Gasteiger partial charge in [0.25, 0.3) is 0 Å². The van der Waals surface area contributed by atoms with Crippen molar-refractivity contribution >= 4 is 34.1 Å². The number of fused-ring (bicyclic) bond motifs is 1. The number of nitrogens with zero attached hydrogens (tertiary/aromatic N) is 2. The summed E-state index contributed by atoms with van der Waals surface area (Å²) >= 11 is 2.36. The molecule has 1 unspecified atom stereocenters. The number of ether oxygens (including phenoxy) is 2. The highest BCUT2D eigenvalue weighted by Gasteiger charge is 2.48. The number of anilines is 1. The minimum Gasteiger partial charge on any atom is -0.497 e. The van der Waals surface area contributed by atoms with Gasteiger partial charge < -0.3 is 14.4 Å². The van der Waals surface area contributed by atoms with Crippen molar-refractivity contribution in [2.75, 3.05) is 51.4 Å². The zero-order valence-electron chi connectivity index (χ0n) is 17.9. The Morgan fingerprint density at radius 3 is 2.50 bits per heavy atom. The maximum absolute atomic E-state index is 13.7. The smallest absolute Gasteiger partial charge is 0.172 e. The van der Waals surface area contributed by atoms with Gasteiger partial charge in [0.2, 0.25) is 0 Å². The first kappa shape index (κ1) is 21.6. The summed E-state index contributed by atoms with van der Waals surface area (Å²) in [5, 5.41) is 0. The van der Waals surface area contributed by atoms with Crippen molar-refractivity contribution in [1.82, 2.24) is 4.90 Å².